The number of aliphatic hydroxyl groups is 1. The molecule has 2 aromatic carbocycles. The summed E-state index contributed by atoms with van der Waals surface area (Å²) in [7, 11) is 0. The second kappa shape index (κ2) is 9.54. The van der Waals surface area contributed by atoms with Gasteiger partial charge in [-0.05, 0) is 48.1 Å². The zero-order valence-electron chi connectivity index (χ0n) is 19.1. The quantitative estimate of drug-likeness (QED) is 0.740. The third-order valence-electron chi connectivity index (χ3n) is 7.51. The molecule has 172 valence electrons. The predicted octanol–water partition coefficient (Wildman–Crippen LogP) is 3.53. The van der Waals surface area contributed by atoms with Crippen LogP contribution in [-0.2, 0) is 19.5 Å². The van der Waals surface area contributed by atoms with E-state index in [-0.39, 0.29) is 18.1 Å². The number of carbonyl (C=O) groups excluding carboxylic acids is 1. The van der Waals surface area contributed by atoms with E-state index in [9.17, 15) is 9.90 Å². The fourth-order valence-corrected chi connectivity index (χ4v) is 5.84. The molecule has 5 rings (SSSR count). The van der Waals surface area contributed by atoms with Crippen LogP contribution in [0.2, 0.25) is 0 Å². The molecule has 3 aliphatic rings. The molecule has 0 radical (unpaired) electrons. The van der Waals surface area contributed by atoms with Crippen molar-refractivity contribution in [3.63, 3.8) is 0 Å². The largest absolute Gasteiger partial charge is 0.390 e. The number of nitriles is 1. The first kappa shape index (κ1) is 21.9. The minimum absolute atomic E-state index is 0.0410. The van der Waals surface area contributed by atoms with Crippen molar-refractivity contribution in [3.05, 3.63) is 70.8 Å². The first-order valence-electron chi connectivity index (χ1n) is 12.2. The Morgan fingerprint density at radius 2 is 1.67 bits per heavy atom. The van der Waals surface area contributed by atoms with Crippen molar-refractivity contribution >= 4 is 6.03 Å². The van der Waals surface area contributed by atoms with Crippen molar-refractivity contribution in [2.24, 2.45) is 0 Å². The van der Waals surface area contributed by atoms with Crippen molar-refractivity contribution in [2.45, 2.75) is 63.4 Å². The summed E-state index contributed by atoms with van der Waals surface area (Å²) in [5, 5.41) is 20.0. The Labute approximate surface area is 196 Å². The van der Waals surface area contributed by atoms with Crippen LogP contribution in [0.25, 0.3) is 0 Å². The summed E-state index contributed by atoms with van der Waals surface area (Å²) in [6, 6.07) is 18.6. The van der Waals surface area contributed by atoms with E-state index in [4.69, 9.17) is 5.26 Å². The molecule has 33 heavy (non-hydrogen) atoms. The minimum Gasteiger partial charge on any atom is -0.390 e. The molecule has 2 aliphatic heterocycles. The summed E-state index contributed by atoms with van der Waals surface area (Å²) in [5.41, 5.74) is 4.42. The Morgan fingerprint density at radius 3 is 2.39 bits per heavy atom. The average Bonchev–Trinajstić information content (AvgIpc) is 3.10. The molecule has 2 fully saturated rings. The number of carbonyl (C=O) groups is 1. The molecule has 0 bridgehead atoms. The molecule has 6 nitrogen and oxygen atoms in total. The standard InChI is InChI=1S/C27H32N4O2/c28-15-20-9-11-21(12-10-20)16-30-25-7-3-4-8-26(25)31(27(30)33)19-24(32)18-29-14-13-22-5-1-2-6-23(22)17-29/h1-2,5-6,9-12,24-26,32H,3-4,7-8,13-14,16-19H2/t24?,25-,26+/m0/s1. The van der Waals surface area contributed by atoms with Gasteiger partial charge < -0.3 is 14.9 Å². The van der Waals surface area contributed by atoms with Crippen LogP contribution >= 0.6 is 0 Å². The summed E-state index contributed by atoms with van der Waals surface area (Å²) in [6.07, 6.45) is 4.74. The fraction of sp³-hybridized carbons (Fsp3) is 0.481. The molecule has 0 spiro atoms. The molecular weight excluding hydrogens is 412 g/mol. The number of aliphatic hydroxyl groups excluding tert-OH is 1. The first-order chi connectivity index (χ1) is 16.1. The van der Waals surface area contributed by atoms with E-state index < -0.39 is 6.10 Å². The number of nitrogens with zero attached hydrogens (tertiary/aromatic N) is 4. The second-order valence-corrected chi connectivity index (χ2v) is 9.70. The van der Waals surface area contributed by atoms with Crippen LogP contribution in [-0.4, -0.2) is 63.7 Å². The third kappa shape index (κ3) is 4.62. The maximum absolute atomic E-state index is 13.5. The van der Waals surface area contributed by atoms with Gasteiger partial charge in [0.15, 0.2) is 0 Å². The topological polar surface area (TPSA) is 70.8 Å². The number of hydrogen-bond acceptors (Lipinski definition) is 4. The number of fused-ring (bicyclic) bond motifs is 2. The van der Waals surface area contributed by atoms with Gasteiger partial charge in [0.1, 0.15) is 0 Å². The molecule has 1 saturated heterocycles. The zero-order valence-corrected chi connectivity index (χ0v) is 19.1. The number of amides is 2. The van der Waals surface area contributed by atoms with E-state index in [1.165, 1.54) is 11.1 Å². The highest BCUT2D eigenvalue weighted by Gasteiger charge is 2.46. The van der Waals surface area contributed by atoms with Crippen molar-refractivity contribution in [3.8, 4) is 6.07 Å². The normalized spacial score (nSPS) is 23.7. The van der Waals surface area contributed by atoms with Crippen molar-refractivity contribution in [1.29, 1.82) is 5.26 Å². The predicted molar refractivity (Wildman–Crippen MR) is 126 cm³/mol. The molecule has 6 heteroatoms. The van der Waals surface area contributed by atoms with Crippen LogP contribution in [0.1, 0.15) is 47.9 Å². The Kier molecular flexibility index (Phi) is 6.34. The molecular formula is C27H32N4O2. The van der Waals surface area contributed by atoms with E-state index in [2.05, 4.69) is 35.2 Å². The van der Waals surface area contributed by atoms with E-state index in [1.54, 1.807) is 0 Å². The van der Waals surface area contributed by atoms with Gasteiger partial charge in [0.05, 0.1) is 29.8 Å². The number of urea groups is 1. The summed E-state index contributed by atoms with van der Waals surface area (Å²) in [4.78, 5) is 19.7. The lowest BCUT2D eigenvalue weighted by Gasteiger charge is -2.34. The van der Waals surface area contributed by atoms with Gasteiger partial charge in [0, 0.05) is 32.7 Å². The zero-order chi connectivity index (χ0) is 22.8. The maximum Gasteiger partial charge on any atom is 0.321 e. The van der Waals surface area contributed by atoms with Crippen molar-refractivity contribution < 1.29 is 9.90 Å². The number of hydrogen-bond donors (Lipinski definition) is 1. The monoisotopic (exact) mass is 444 g/mol. The lowest BCUT2D eigenvalue weighted by molar-refractivity contribution is 0.0689. The highest BCUT2D eigenvalue weighted by Crippen LogP contribution is 2.35. The van der Waals surface area contributed by atoms with E-state index in [0.29, 0.717) is 25.2 Å². The van der Waals surface area contributed by atoms with Crippen LogP contribution in [0.3, 0.4) is 0 Å². The van der Waals surface area contributed by atoms with Crippen LogP contribution in [0.5, 0.6) is 0 Å². The van der Waals surface area contributed by atoms with Gasteiger partial charge in [-0.25, -0.2) is 4.79 Å². The Balaban J connectivity index is 1.24. The SMILES string of the molecule is N#Cc1ccc(CN2C(=O)N(CC(O)CN3CCc4ccccc4C3)[C@@H]3CCCC[C@@H]32)cc1. The molecule has 2 aromatic rings. The lowest BCUT2D eigenvalue weighted by Crippen LogP contribution is -2.46. The van der Waals surface area contributed by atoms with E-state index in [0.717, 1.165) is 50.8 Å². The van der Waals surface area contributed by atoms with Gasteiger partial charge in [-0.15, -0.1) is 0 Å². The van der Waals surface area contributed by atoms with Gasteiger partial charge >= 0.3 is 6.03 Å². The molecule has 1 N–H and O–H groups in total. The van der Waals surface area contributed by atoms with Crippen LogP contribution in [0, 0.1) is 11.3 Å². The van der Waals surface area contributed by atoms with Gasteiger partial charge in [0.2, 0.25) is 0 Å². The van der Waals surface area contributed by atoms with Crippen LogP contribution < -0.4 is 0 Å². The summed E-state index contributed by atoms with van der Waals surface area (Å²) in [6.45, 7) is 3.34. The summed E-state index contributed by atoms with van der Waals surface area (Å²) < 4.78 is 0. The van der Waals surface area contributed by atoms with E-state index >= 15 is 0 Å². The molecule has 1 aliphatic carbocycles. The smallest absolute Gasteiger partial charge is 0.321 e. The van der Waals surface area contributed by atoms with Crippen LogP contribution in [0.4, 0.5) is 4.79 Å². The highest BCUT2D eigenvalue weighted by atomic mass is 16.3. The average molecular weight is 445 g/mol. The number of benzene rings is 2. The molecule has 1 unspecified atom stereocenters. The number of rotatable bonds is 6. The highest BCUT2D eigenvalue weighted by molar-refractivity contribution is 5.78. The third-order valence-corrected chi connectivity index (χ3v) is 7.51. The Hall–Kier alpha value is -2.88. The number of β-amino-alcohol motifs (C(OH)–C–C–N with tert-alkyl or cyclic N) is 1. The Morgan fingerprint density at radius 1 is 0.970 bits per heavy atom. The van der Waals surface area contributed by atoms with Gasteiger partial charge in [-0.1, -0.05) is 49.2 Å². The summed E-state index contributed by atoms with van der Waals surface area (Å²) in [5.74, 6) is 0. The molecule has 2 heterocycles. The summed E-state index contributed by atoms with van der Waals surface area (Å²) >= 11 is 0. The van der Waals surface area contributed by atoms with E-state index in [1.807, 2.05) is 34.1 Å². The first-order valence-corrected chi connectivity index (χ1v) is 12.2. The molecule has 3 atom stereocenters. The van der Waals surface area contributed by atoms with Gasteiger partial charge in [-0.2, -0.15) is 5.26 Å². The molecule has 2 amide bonds. The van der Waals surface area contributed by atoms with Crippen LogP contribution in [0.15, 0.2) is 48.5 Å². The van der Waals surface area contributed by atoms with Gasteiger partial charge in [-0.3, -0.25) is 4.90 Å². The fourth-order valence-electron chi connectivity index (χ4n) is 5.84. The maximum atomic E-state index is 13.5. The van der Waals surface area contributed by atoms with Crippen molar-refractivity contribution in [2.75, 3.05) is 19.6 Å². The van der Waals surface area contributed by atoms with Crippen molar-refractivity contribution in [1.82, 2.24) is 14.7 Å². The second-order valence-electron chi connectivity index (χ2n) is 9.70. The Bertz CT molecular complexity index is 1030. The lowest BCUT2D eigenvalue weighted by atomic mass is 9.90. The molecule has 1 saturated carbocycles. The minimum atomic E-state index is -0.559. The molecule has 0 aromatic heterocycles. The van der Waals surface area contributed by atoms with Gasteiger partial charge in [0.25, 0.3) is 0 Å².